The van der Waals surface area contributed by atoms with Crippen molar-refractivity contribution >= 4 is 0 Å². The van der Waals surface area contributed by atoms with E-state index in [0.29, 0.717) is 0 Å². The Bertz CT molecular complexity index is 454. The van der Waals surface area contributed by atoms with Gasteiger partial charge in [-0.15, -0.1) is 0 Å². The van der Waals surface area contributed by atoms with Gasteiger partial charge in [-0.1, -0.05) is 24.0 Å². The van der Waals surface area contributed by atoms with Crippen molar-refractivity contribution in [3.05, 3.63) is 35.4 Å². The summed E-state index contributed by atoms with van der Waals surface area (Å²) in [5.41, 5.74) is 1.61. The Labute approximate surface area is 108 Å². The maximum absolute atomic E-state index is 9.90. The van der Waals surface area contributed by atoms with Crippen LogP contribution in [-0.4, -0.2) is 40.4 Å². The predicted molar refractivity (Wildman–Crippen MR) is 70.9 cm³/mol. The fraction of sp³-hybridized carbons (Fsp3) is 0.467. The first-order chi connectivity index (χ1) is 8.59. The van der Waals surface area contributed by atoms with E-state index in [1.54, 1.807) is 0 Å². The topological polar surface area (TPSA) is 43.7 Å². The van der Waals surface area contributed by atoms with E-state index in [4.69, 9.17) is 5.11 Å². The summed E-state index contributed by atoms with van der Waals surface area (Å²) in [6.07, 6.45) is 0.840. The SMILES string of the molecule is CC1(O)CCN(Cc2ccc(C#CCO)cc2)C1. The van der Waals surface area contributed by atoms with Crippen LogP contribution in [0.3, 0.4) is 0 Å². The van der Waals surface area contributed by atoms with Crippen LogP contribution in [-0.2, 0) is 6.54 Å². The van der Waals surface area contributed by atoms with Crippen molar-refractivity contribution in [2.24, 2.45) is 0 Å². The molecule has 0 spiro atoms. The molecule has 2 N–H and O–H groups in total. The van der Waals surface area contributed by atoms with Gasteiger partial charge in [-0.05, 0) is 31.0 Å². The fourth-order valence-corrected chi connectivity index (χ4v) is 2.27. The van der Waals surface area contributed by atoms with Crippen LogP contribution in [0.25, 0.3) is 0 Å². The zero-order chi connectivity index (χ0) is 13.0. The van der Waals surface area contributed by atoms with Gasteiger partial charge in [-0.2, -0.15) is 0 Å². The normalized spacial score (nSPS) is 23.7. The van der Waals surface area contributed by atoms with Gasteiger partial charge in [0.25, 0.3) is 0 Å². The summed E-state index contributed by atoms with van der Waals surface area (Å²) in [6, 6.07) is 8.03. The minimum Gasteiger partial charge on any atom is -0.389 e. The summed E-state index contributed by atoms with van der Waals surface area (Å²) < 4.78 is 0. The Hall–Kier alpha value is -1.34. The number of benzene rings is 1. The van der Waals surface area contributed by atoms with Gasteiger partial charge in [-0.25, -0.2) is 0 Å². The third-order valence-electron chi connectivity index (χ3n) is 3.20. The van der Waals surface area contributed by atoms with Crippen LogP contribution in [0.4, 0.5) is 0 Å². The molecule has 96 valence electrons. The maximum atomic E-state index is 9.90. The van der Waals surface area contributed by atoms with Crippen molar-refractivity contribution in [3.63, 3.8) is 0 Å². The summed E-state index contributed by atoms with van der Waals surface area (Å²) in [6.45, 7) is 4.33. The number of rotatable bonds is 2. The Kier molecular flexibility index (Phi) is 4.03. The summed E-state index contributed by atoms with van der Waals surface area (Å²) in [4.78, 5) is 2.26. The van der Waals surface area contributed by atoms with Gasteiger partial charge in [0.1, 0.15) is 6.61 Å². The lowest BCUT2D eigenvalue weighted by atomic mass is 10.1. The lowest BCUT2D eigenvalue weighted by Gasteiger charge is -2.18. The maximum Gasteiger partial charge on any atom is 0.104 e. The molecule has 1 unspecified atom stereocenters. The Morgan fingerprint density at radius 1 is 1.33 bits per heavy atom. The number of aliphatic hydroxyl groups excluding tert-OH is 1. The zero-order valence-corrected chi connectivity index (χ0v) is 10.7. The smallest absolute Gasteiger partial charge is 0.104 e. The van der Waals surface area contributed by atoms with E-state index in [0.717, 1.165) is 31.6 Å². The molecule has 18 heavy (non-hydrogen) atoms. The van der Waals surface area contributed by atoms with Crippen molar-refractivity contribution < 1.29 is 10.2 Å². The van der Waals surface area contributed by atoms with Crippen molar-refractivity contribution in [2.45, 2.75) is 25.5 Å². The van der Waals surface area contributed by atoms with Gasteiger partial charge < -0.3 is 10.2 Å². The highest BCUT2D eigenvalue weighted by atomic mass is 16.3. The van der Waals surface area contributed by atoms with Gasteiger partial charge in [0, 0.05) is 25.2 Å². The number of hydrogen-bond donors (Lipinski definition) is 2. The molecule has 1 aliphatic rings. The van der Waals surface area contributed by atoms with Gasteiger partial charge >= 0.3 is 0 Å². The molecule has 0 radical (unpaired) electrons. The molecule has 0 aliphatic carbocycles. The minimum absolute atomic E-state index is 0.107. The molecule has 1 saturated heterocycles. The summed E-state index contributed by atoms with van der Waals surface area (Å²) in [5, 5.41) is 18.5. The highest BCUT2D eigenvalue weighted by molar-refractivity contribution is 5.36. The highest BCUT2D eigenvalue weighted by Gasteiger charge is 2.30. The lowest BCUT2D eigenvalue weighted by Crippen LogP contribution is -2.29. The number of β-amino-alcohol motifs (C(OH)–C–C–N with tert-alkyl or cyclic N) is 1. The third-order valence-corrected chi connectivity index (χ3v) is 3.20. The minimum atomic E-state index is -0.535. The molecule has 1 atom stereocenters. The second-order valence-electron chi connectivity index (χ2n) is 5.11. The summed E-state index contributed by atoms with van der Waals surface area (Å²) in [5.74, 6) is 5.50. The number of aliphatic hydroxyl groups is 2. The van der Waals surface area contributed by atoms with Gasteiger partial charge in [0.05, 0.1) is 5.60 Å². The highest BCUT2D eigenvalue weighted by Crippen LogP contribution is 2.21. The second-order valence-corrected chi connectivity index (χ2v) is 5.11. The van der Waals surface area contributed by atoms with E-state index in [2.05, 4.69) is 28.9 Å². The molecule has 1 aliphatic heterocycles. The van der Waals surface area contributed by atoms with Crippen LogP contribution in [0.5, 0.6) is 0 Å². The van der Waals surface area contributed by atoms with Crippen molar-refractivity contribution in [1.29, 1.82) is 0 Å². The van der Waals surface area contributed by atoms with Crippen LogP contribution in [0.15, 0.2) is 24.3 Å². The lowest BCUT2D eigenvalue weighted by molar-refractivity contribution is 0.0679. The fourth-order valence-electron chi connectivity index (χ4n) is 2.27. The zero-order valence-electron chi connectivity index (χ0n) is 10.7. The molecule has 3 heteroatoms. The van der Waals surface area contributed by atoms with Crippen LogP contribution < -0.4 is 0 Å². The molecular weight excluding hydrogens is 226 g/mol. The molecule has 2 rings (SSSR count). The molecule has 1 aromatic carbocycles. The number of likely N-dealkylation sites (tertiary alicyclic amines) is 1. The largest absolute Gasteiger partial charge is 0.389 e. The molecule has 0 saturated carbocycles. The van der Waals surface area contributed by atoms with Gasteiger partial charge in [0.2, 0.25) is 0 Å². The van der Waals surface area contributed by atoms with E-state index in [9.17, 15) is 5.11 Å². The Balaban J connectivity index is 1.95. The van der Waals surface area contributed by atoms with Gasteiger partial charge in [0.15, 0.2) is 0 Å². The molecule has 0 bridgehead atoms. The van der Waals surface area contributed by atoms with Crippen molar-refractivity contribution in [2.75, 3.05) is 19.7 Å². The van der Waals surface area contributed by atoms with Crippen molar-refractivity contribution in [1.82, 2.24) is 4.90 Å². The van der Waals surface area contributed by atoms with E-state index >= 15 is 0 Å². The molecule has 0 aromatic heterocycles. The van der Waals surface area contributed by atoms with Crippen LogP contribution in [0.1, 0.15) is 24.5 Å². The molecule has 1 heterocycles. The van der Waals surface area contributed by atoms with Gasteiger partial charge in [-0.3, -0.25) is 4.90 Å². The molecule has 1 aromatic rings. The average Bonchev–Trinajstić information content (AvgIpc) is 2.68. The summed E-state index contributed by atoms with van der Waals surface area (Å²) >= 11 is 0. The first-order valence-electron chi connectivity index (χ1n) is 6.22. The van der Waals surface area contributed by atoms with Crippen LogP contribution in [0.2, 0.25) is 0 Å². The van der Waals surface area contributed by atoms with E-state index in [1.165, 1.54) is 5.56 Å². The third kappa shape index (κ3) is 3.58. The van der Waals surface area contributed by atoms with E-state index in [-0.39, 0.29) is 6.61 Å². The Morgan fingerprint density at radius 3 is 2.61 bits per heavy atom. The summed E-state index contributed by atoms with van der Waals surface area (Å²) in [7, 11) is 0. The predicted octanol–water partition coefficient (Wildman–Crippen LogP) is 0.987. The monoisotopic (exact) mass is 245 g/mol. The Morgan fingerprint density at radius 2 is 2.06 bits per heavy atom. The van der Waals surface area contributed by atoms with E-state index in [1.807, 2.05) is 19.1 Å². The van der Waals surface area contributed by atoms with E-state index < -0.39 is 5.60 Å². The number of nitrogens with zero attached hydrogens (tertiary/aromatic N) is 1. The quantitative estimate of drug-likeness (QED) is 0.764. The average molecular weight is 245 g/mol. The van der Waals surface area contributed by atoms with Crippen LogP contribution >= 0.6 is 0 Å². The second kappa shape index (κ2) is 5.53. The first-order valence-corrected chi connectivity index (χ1v) is 6.22. The molecule has 3 nitrogen and oxygen atoms in total. The molecule has 1 fully saturated rings. The first kappa shape index (κ1) is 13.1. The molecule has 0 amide bonds. The van der Waals surface area contributed by atoms with Crippen molar-refractivity contribution in [3.8, 4) is 11.8 Å². The van der Waals surface area contributed by atoms with Crippen LogP contribution in [0, 0.1) is 11.8 Å². The standard InChI is InChI=1S/C15H19NO2/c1-15(18)8-9-16(12-15)11-14-6-4-13(5-7-14)3-2-10-17/h4-7,17-18H,8-12H2,1H3. The number of hydrogen-bond acceptors (Lipinski definition) is 3. The molecular formula is C15H19NO2.